The summed E-state index contributed by atoms with van der Waals surface area (Å²) in [5, 5.41) is 4.25. The highest BCUT2D eigenvalue weighted by atomic mass is 28.4. The lowest BCUT2D eigenvalue weighted by atomic mass is 9.92. The van der Waals surface area contributed by atoms with E-state index in [4.69, 9.17) is 23.4 Å². The zero-order chi connectivity index (χ0) is 31.2. The molecule has 44 heavy (non-hydrogen) atoms. The lowest BCUT2D eigenvalue weighted by molar-refractivity contribution is -0.245. The first-order chi connectivity index (χ1) is 21.0. The number of ketones is 1. The molecule has 6 nitrogen and oxygen atoms in total. The number of carbonyl (C=O) groups excluding carboxylic acids is 1. The van der Waals surface area contributed by atoms with Crippen LogP contribution in [-0.2, 0) is 34.8 Å². The minimum absolute atomic E-state index is 0.00184. The van der Waals surface area contributed by atoms with Gasteiger partial charge >= 0.3 is 0 Å². The Hall–Kier alpha value is -3.17. The molecule has 230 valence electrons. The maximum Gasteiger partial charge on any atom is 0.261 e. The Bertz CT molecular complexity index is 1580. The van der Waals surface area contributed by atoms with Crippen molar-refractivity contribution in [1.29, 1.82) is 0 Å². The number of Topliss-reactive ketones (excluding diaryl/α,β-unsaturated/α-hetero) is 1. The maximum atomic E-state index is 13.8. The summed E-state index contributed by atoms with van der Waals surface area (Å²) < 4.78 is 33.1. The Morgan fingerprint density at radius 1 is 0.795 bits per heavy atom. The average Bonchev–Trinajstić information content (AvgIpc) is 3.45. The number of ether oxygens (including phenoxy) is 4. The number of hydrogen-bond acceptors (Lipinski definition) is 6. The van der Waals surface area contributed by atoms with Gasteiger partial charge in [0.1, 0.15) is 12.2 Å². The molecule has 0 radical (unpaired) electrons. The van der Waals surface area contributed by atoms with Crippen LogP contribution in [0.3, 0.4) is 0 Å². The molecule has 2 aliphatic rings. The first-order valence-corrected chi connectivity index (χ1v) is 17.2. The van der Waals surface area contributed by atoms with Gasteiger partial charge in [0.25, 0.3) is 8.32 Å². The van der Waals surface area contributed by atoms with Crippen molar-refractivity contribution in [2.75, 3.05) is 6.61 Å². The van der Waals surface area contributed by atoms with Gasteiger partial charge in [-0.2, -0.15) is 0 Å². The Kier molecular flexibility index (Phi) is 8.16. The van der Waals surface area contributed by atoms with Crippen molar-refractivity contribution in [3.8, 4) is 0 Å². The van der Waals surface area contributed by atoms with Gasteiger partial charge in [-0.05, 0) is 58.6 Å². The molecule has 4 atom stereocenters. The fourth-order valence-corrected chi connectivity index (χ4v) is 11.4. The molecule has 0 bridgehead atoms. The fourth-order valence-electron chi connectivity index (χ4n) is 6.82. The van der Waals surface area contributed by atoms with E-state index in [9.17, 15) is 4.79 Å². The van der Waals surface area contributed by atoms with Gasteiger partial charge in [-0.25, -0.2) is 0 Å². The zero-order valence-corrected chi connectivity index (χ0v) is 27.4. The highest BCUT2D eigenvalue weighted by Gasteiger charge is 2.66. The molecule has 2 saturated heterocycles. The van der Waals surface area contributed by atoms with Gasteiger partial charge in [-0.3, -0.25) is 4.79 Å². The van der Waals surface area contributed by atoms with Crippen molar-refractivity contribution in [1.82, 2.24) is 0 Å². The van der Waals surface area contributed by atoms with Crippen molar-refractivity contribution in [3.05, 3.63) is 109 Å². The third-order valence-electron chi connectivity index (χ3n) is 8.93. The van der Waals surface area contributed by atoms with E-state index in [1.54, 1.807) is 6.92 Å². The van der Waals surface area contributed by atoms with E-state index >= 15 is 0 Å². The first-order valence-electron chi connectivity index (χ1n) is 15.3. The van der Waals surface area contributed by atoms with Crippen LogP contribution in [0.2, 0.25) is 5.04 Å². The van der Waals surface area contributed by atoms with Crippen LogP contribution in [0.5, 0.6) is 0 Å². The summed E-state index contributed by atoms with van der Waals surface area (Å²) in [6.45, 7) is 12.2. The van der Waals surface area contributed by atoms with Gasteiger partial charge in [-0.15, -0.1) is 0 Å². The van der Waals surface area contributed by atoms with Gasteiger partial charge < -0.3 is 23.4 Å². The molecule has 6 rings (SSSR count). The summed E-state index contributed by atoms with van der Waals surface area (Å²) >= 11 is 0. The number of carbonyl (C=O) groups is 1. The smallest absolute Gasteiger partial charge is 0.261 e. The molecular formula is C37H42O6Si. The Morgan fingerprint density at radius 2 is 1.39 bits per heavy atom. The molecule has 0 unspecified atom stereocenters. The summed E-state index contributed by atoms with van der Waals surface area (Å²) in [4.78, 5) is 13.8. The van der Waals surface area contributed by atoms with E-state index in [1.807, 2.05) is 62.4 Å². The number of benzene rings is 4. The lowest BCUT2D eigenvalue weighted by Gasteiger charge is -2.45. The second-order valence-electron chi connectivity index (χ2n) is 13.4. The van der Waals surface area contributed by atoms with Crippen LogP contribution in [0.1, 0.15) is 47.1 Å². The molecular weight excluding hydrogens is 568 g/mol. The number of fused-ring (bicyclic) bond motifs is 2. The monoisotopic (exact) mass is 610 g/mol. The Labute approximate surface area is 261 Å². The molecule has 4 aromatic rings. The number of rotatable bonds is 9. The topological polar surface area (TPSA) is 63.2 Å². The van der Waals surface area contributed by atoms with E-state index in [0.29, 0.717) is 0 Å². The SMILES string of the molecule is CC(=O)[C@]1(CO[Si](c2ccccc2)(c2ccccc2)C(C)(C)C)O[C@@H]2OC(C)(C)O[C@@H]2[C@@H]1OCc1ccc2ccccc2c1. The van der Waals surface area contributed by atoms with Gasteiger partial charge in [0.05, 0.1) is 13.2 Å². The first kappa shape index (κ1) is 30.8. The lowest BCUT2D eigenvalue weighted by Crippen LogP contribution is -2.69. The molecule has 2 fully saturated rings. The summed E-state index contributed by atoms with van der Waals surface area (Å²) in [5.41, 5.74) is -0.439. The van der Waals surface area contributed by atoms with Crippen molar-refractivity contribution >= 4 is 35.2 Å². The van der Waals surface area contributed by atoms with Crippen LogP contribution < -0.4 is 10.4 Å². The van der Waals surface area contributed by atoms with E-state index in [-0.39, 0.29) is 24.0 Å². The molecule has 0 aliphatic carbocycles. The maximum absolute atomic E-state index is 13.8. The van der Waals surface area contributed by atoms with Crippen LogP contribution in [0, 0.1) is 0 Å². The predicted octanol–water partition coefficient (Wildman–Crippen LogP) is 6.14. The van der Waals surface area contributed by atoms with Gasteiger partial charge in [0.15, 0.2) is 23.5 Å². The van der Waals surface area contributed by atoms with Crippen LogP contribution in [-0.4, -0.2) is 50.6 Å². The summed E-state index contributed by atoms with van der Waals surface area (Å²) in [6, 6.07) is 35.3. The van der Waals surface area contributed by atoms with E-state index in [1.165, 1.54) is 0 Å². The van der Waals surface area contributed by atoms with E-state index in [2.05, 4.69) is 75.4 Å². The molecule has 4 aromatic carbocycles. The molecule has 2 aliphatic heterocycles. The van der Waals surface area contributed by atoms with Crippen LogP contribution in [0.25, 0.3) is 10.8 Å². The van der Waals surface area contributed by atoms with Gasteiger partial charge in [-0.1, -0.05) is 118 Å². The minimum atomic E-state index is -2.99. The van der Waals surface area contributed by atoms with E-state index < -0.39 is 38.2 Å². The third-order valence-corrected chi connectivity index (χ3v) is 13.9. The molecule has 0 N–H and O–H groups in total. The second kappa shape index (κ2) is 11.6. The Balaban J connectivity index is 1.39. The van der Waals surface area contributed by atoms with E-state index in [0.717, 1.165) is 26.7 Å². The second-order valence-corrected chi connectivity index (χ2v) is 17.7. The zero-order valence-electron chi connectivity index (χ0n) is 26.4. The molecule has 0 amide bonds. The molecule has 2 heterocycles. The Morgan fingerprint density at radius 3 is 1.98 bits per heavy atom. The van der Waals surface area contributed by atoms with Crippen molar-refractivity contribution in [2.45, 2.75) is 83.1 Å². The summed E-state index contributed by atoms with van der Waals surface area (Å²) in [5.74, 6) is -1.06. The average molecular weight is 611 g/mol. The standard InChI is InChI=1S/C37H42O6Si/c1-26(38)37(25-40-44(35(2,3)4,30-17-9-7-10-18-30)31-19-11-8-12-20-31)33(32-34(43-37)42-36(5,6)41-32)39-24-27-21-22-28-15-13-14-16-29(28)23-27/h7-23,32-34H,24-25H2,1-6H3/t32-,33+,34+,37+/m1/s1. The highest BCUT2D eigenvalue weighted by molar-refractivity contribution is 6.99. The molecule has 0 saturated carbocycles. The molecule has 0 aromatic heterocycles. The quantitative estimate of drug-likeness (QED) is 0.212. The molecule has 7 heteroatoms. The molecule has 0 spiro atoms. The number of hydrogen-bond donors (Lipinski definition) is 0. The normalized spacial score (nSPS) is 24.8. The fraction of sp³-hybridized carbons (Fsp3) is 0.378. The van der Waals surface area contributed by atoms with Gasteiger partial charge in [0, 0.05) is 0 Å². The van der Waals surface area contributed by atoms with Crippen LogP contribution >= 0.6 is 0 Å². The summed E-state index contributed by atoms with van der Waals surface area (Å²) in [7, 11) is -2.99. The van der Waals surface area contributed by atoms with Gasteiger partial charge in [0.2, 0.25) is 0 Å². The van der Waals surface area contributed by atoms with Crippen molar-refractivity contribution in [2.24, 2.45) is 0 Å². The third kappa shape index (κ3) is 5.46. The highest BCUT2D eigenvalue weighted by Crippen LogP contribution is 2.46. The largest absolute Gasteiger partial charge is 0.404 e. The van der Waals surface area contributed by atoms with Crippen molar-refractivity contribution < 1.29 is 28.2 Å². The predicted molar refractivity (Wildman–Crippen MR) is 174 cm³/mol. The van der Waals surface area contributed by atoms with Crippen LogP contribution in [0.4, 0.5) is 0 Å². The summed E-state index contributed by atoms with van der Waals surface area (Å²) in [6.07, 6.45) is -2.12. The minimum Gasteiger partial charge on any atom is -0.404 e. The van der Waals surface area contributed by atoms with Crippen LogP contribution in [0.15, 0.2) is 103 Å². The van der Waals surface area contributed by atoms with Crippen molar-refractivity contribution in [3.63, 3.8) is 0 Å².